The minimum Gasteiger partial charge on any atom is -0.372 e. The maximum Gasteiger partial charge on any atom is 0.417 e. The largest absolute Gasteiger partial charge is 0.417 e. The van der Waals surface area contributed by atoms with Gasteiger partial charge in [-0.05, 0) is 35.9 Å². The van der Waals surface area contributed by atoms with Crippen molar-refractivity contribution in [3.05, 3.63) is 88.4 Å². The third-order valence-corrected chi connectivity index (χ3v) is 5.75. The van der Waals surface area contributed by atoms with Crippen molar-refractivity contribution in [1.82, 2.24) is 20.2 Å². The van der Waals surface area contributed by atoms with Crippen LogP contribution in [-0.4, -0.2) is 35.2 Å². The Morgan fingerprint density at radius 1 is 1.31 bits per heavy atom. The highest BCUT2D eigenvalue weighted by molar-refractivity contribution is 6.31. The van der Waals surface area contributed by atoms with Gasteiger partial charge in [-0.2, -0.15) is 13.2 Å². The predicted octanol–water partition coefficient (Wildman–Crippen LogP) is 5.42. The fourth-order valence-corrected chi connectivity index (χ4v) is 4.05. The second-order valence-corrected chi connectivity index (χ2v) is 7.96. The number of rotatable bonds is 6. The van der Waals surface area contributed by atoms with E-state index >= 15 is 0 Å². The molecule has 168 valence electrons. The molecule has 0 spiro atoms. The fraction of sp³-hybridized carbons (Fsp3) is 0.261. The highest BCUT2D eigenvalue weighted by Gasteiger charge is 2.33. The number of nitrogens with zero attached hydrogens (tertiary/aromatic N) is 2. The topological polar surface area (TPSA) is 53.2 Å². The van der Waals surface area contributed by atoms with Gasteiger partial charge >= 0.3 is 6.18 Å². The summed E-state index contributed by atoms with van der Waals surface area (Å²) >= 11 is 5.71. The van der Waals surface area contributed by atoms with Crippen LogP contribution in [0.15, 0.2) is 66.7 Å². The molecule has 9 heteroatoms. The number of methoxy groups -OCH3 is 1. The molecule has 0 fully saturated rings. The zero-order valence-electron chi connectivity index (χ0n) is 17.4. The Labute approximate surface area is 188 Å². The van der Waals surface area contributed by atoms with Gasteiger partial charge in [-0.25, -0.2) is 4.98 Å². The number of benzene rings is 1. The molecular formula is C23H22ClF3N4O. The van der Waals surface area contributed by atoms with Gasteiger partial charge in [-0.3, -0.25) is 5.32 Å². The maximum atomic E-state index is 13.1. The van der Waals surface area contributed by atoms with Crippen LogP contribution in [0.3, 0.4) is 0 Å². The summed E-state index contributed by atoms with van der Waals surface area (Å²) in [6, 6.07) is 7.81. The van der Waals surface area contributed by atoms with Crippen LogP contribution in [0.2, 0.25) is 5.02 Å². The zero-order valence-corrected chi connectivity index (χ0v) is 18.2. The number of halogens is 4. The second-order valence-electron chi connectivity index (χ2n) is 7.55. The SMILES string of the molecule is COC(C1=CN(C)C(NCc2ccc(Cl)c(C(F)(F)F)c2)C=C1)c1c[nH]c2ncccc12. The van der Waals surface area contributed by atoms with Crippen molar-refractivity contribution in [2.75, 3.05) is 14.2 Å². The number of likely N-dealkylation sites (N-methyl/N-ethyl adjacent to an activating group) is 1. The molecule has 0 bridgehead atoms. The van der Waals surface area contributed by atoms with Crippen molar-refractivity contribution in [2.24, 2.45) is 0 Å². The molecule has 2 aromatic heterocycles. The minimum atomic E-state index is -4.49. The van der Waals surface area contributed by atoms with E-state index in [4.69, 9.17) is 16.3 Å². The zero-order chi connectivity index (χ0) is 22.9. The van der Waals surface area contributed by atoms with Crippen molar-refractivity contribution in [2.45, 2.75) is 25.0 Å². The lowest BCUT2D eigenvalue weighted by atomic mass is 9.99. The summed E-state index contributed by atoms with van der Waals surface area (Å²) in [5.74, 6) is 0. The van der Waals surface area contributed by atoms with Gasteiger partial charge in [0.1, 0.15) is 11.8 Å². The number of hydrogen-bond acceptors (Lipinski definition) is 4. The molecule has 3 heterocycles. The van der Waals surface area contributed by atoms with Crippen molar-refractivity contribution >= 4 is 22.6 Å². The number of ether oxygens (including phenoxy) is 1. The van der Waals surface area contributed by atoms with E-state index in [1.807, 2.05) is 48.6 Å². The number of hydrogen-bond donors (Lipinski definition) is 2. The quantitative estimate of drug-likeness (QED) is 0.513. The molecule has 5 nitrogen and oxygen atoms in total. The lowest BCUT2D eigenvalue weighted by Crippen LogP contribution is -2.40. The van der Waals surface area contributed by atoms with Crippen LogP contribution in [0.1, 0.15) is 22.8 Å². The Bertz CT molecular complexity index is 1170. The Balaban J connectivity index is 1.47. The third-order valence-electron chi connectivity index (χ3n) is 5.42. The van der Waals surface area contributed by atoms with Gasteiger partial charge in [0.05, 0.1) is 16.8 Å². The molecule has 2 unspecified atom stereocenters. The van der Waals surface area contributed by atoms with Crippen LogP contribution >= 0.6 is 11.6 Å². The van der Waals surface area contributed by atoms with E-state index in [1.54, 1.807) is 19.4 Å². The molecule has 32 heavy (non-hydrogen) atoms. The first-order valence-corrected chi connectivity index (χ1v) is 10.3. The van der Waals surface area contributed by atoms with Crippen LogP contribution < -0.4 is 5.32 Å². The van der Waals surface area contributed by atoms with E-state index in [1.165, 1.54) is 6.07 Å². The lowest BCUT2D eigenvalue weighted by molar-refractivity contribution is -0.137. The smallest absolute Gasteiger partial charge is 0.372 e. The molecule has 0 amide bonds. The van der Waals surface area contributed by atoms with Crippen molar-refractivity contribution in [3.8, 4) is 0 Å². The maximum absolute atomic E-state index is 13.1. The molecule has 3 aromatic rings. The normalized spacial score (nSPS) is 17.6. The van der Waals surface area contributed by atoms with E-state index < -0.39 is 11.7 Å². The number of aromatic nitrogens is 2. The van der Waals surface area contributed by atoms with Gasteiger partial charge < -0.3 is 14.6 Å². The highest BCUT2D eigenvalue weighted by atomic mass is 35.5. The minimum absolute atomic E-state index is 0.189. The summed E-state index contributed by atoms with van der Waals surface area (Å²) in [5, 5.41) is 3.94. The summed E-state index contributed by atoms with van der Waals surface area (Å²) in [6.45, 7) is 0.255. The first-order valence-electron chi connectivity index (χ1n) is 9.93. The van der Waals surface area contributed by atoms with Gasteiger partial charge in [-0.15, -0.1) is 0 Å². The van der Waals surface area contributed by atoms with Crippen LogP contribution in [-0.2, 0) is 17.5 Å². The fourth-order valence-electron chi connectivity index (χ4n) is 3.82. The molecule has 1 aromatic carbocycles. The number of alkyl halides is 3. The van der Waals surface area contributed by atoms with E-state index in [2.05, 4.69) is 15.3 Å². The van der Waals surface area contributed by atoms with Crippen LogP contribution in [0, 0.1) is 0 Å². The van der Waals surface area contributed by atoms with E-state index in [0.29, 0.717) is 5.56 Å². The summed E-state index contributed by atoms with van der Waals surface area (Å²) in [5.41, 5.74) is 2.39. The average Bonchev–Trinajstić information content (AvgIpc) is 3.18. The molecule has 1 aliphatic rings. The molecule has 2 N–H and O–H groups in total. The third kappa shape index (κ3) is 4.53. The van der Waals surface area contributed by atoms with Crippen molar-refractivity contribution < 1.29 is 17.9 Å². The molecule has 1 aliphatic heterocycles. The lowest BCUT2D eigenvalue weighted by Gasteiger charge is -2.31. The summed E-state index contributed by atoms with van der Waals surface area (Å²) in [4.78, 5) is 9.44. The Morgan fingerprint density at radius 2 is 2.12 bits per heavy atom. The second kappa shape index (κ2) is 8.97. The first-order chi connectivity index (χ1) is 15.3. The van der Waals surface area contributed by atoms with Gasteiger partial charge in [0.25, 0.3) is 0 Å². The van der Waals surface area contributed by atoms with E-state index in [0.717, 1.165) is 28.2 Å². The molecule has 2 atom stereocenters. The van der Waals surface area contributed by atoms with Gasteiger partial charge in [0.2, 0.25) is 0 Å². The molecule has 0 aliphatic carbocycles. The number of pyridine rings is 1. The summed E-state index contributed by atoms with van der Waals surface area (Å²) < 4.78 is 45.1. The van der Waals surface area contributed by atoms with E-state index in [9.17, 15) is 13.2 Å². The number of aromatic amines is 1. The van der Waals surface area contributed by atoms with Crippen LogP contribution in [0.25, 0.3) is 11.0 Å². The average molecular weight is 463 g/mol. The number of H-pyrrole nitrogens is 1. The van der Waals surface area contributed by atoms with Crippen LogP contribution in [0.4, 0.5) is 13.2 Å². The van der Waals surface area contributed by atoms with Gasteiger partial charge in [0.15, 0.2) is 0 Å². The van der Waals surface area contributed by atoms with Crippen LogP contribution in [0.5, 0.6) is 0 Å². The molecule has 0 saturated carbocycles. The predicted molar refractivity (Wildman–Crippen MR) is 118 cm³/mol. The Morgan fingerprint density at radius 3 is 2.84 bits per heavy atom. The molecule has 0 saturated heterocycles. The monoisotopic (exact) mass is 462 g/mol. The van der Waals surface area contributed by atoms with Crippen molar-refractivity contribution in [3.63, 3.8) is 0 Å². The number of fused-ring (bicyclic) bond motifs is 1. The van der Waals surface area contributed by atoms with Gasteiger partial charge in [-0.1, -0.05) is 23.7 Å². The highest BCUT2D eigenvalue weighted by Crippen LogP contribution is 2.35. The van der Waals surface area contributed by atoms with E-state index in [-0.39, 0.29) is 23.8 Å². The Kier molecular flexibility index (Phi) is 6.28. The Hall–Kier alpha value is -2.81. The molecule has 4 rings (SSSR count). The summed E-state index contributed by atoms with van der Waals surface area (Å²) in [7, 11) is 3.55. The molecule has 0 radical (unpaired) electrons. The van der Waals surface area contributed by atoms with Gasteiger partial charge in [0, 0.05) is 55.8 Å². The first kappa shape index (κ1) is 22.4. The van der Waals surface area contributed by atoms with Crippen molar-refractivity contribution in [1.29, 1.82) is 0 Å². The molecular weight excluding hydrogens is 441 g/mol. The number of nitrogens with one attached hydrogen (secondary N) is 2. The summed E-state index contributed by atoms with van der Waals surface area (Å²) in [6.07, 6.45) is 4.53. The standard InChI is InChI=1S/C23H22ClF3N4O/c1-31-13-15(21(32-2)17-12-30-22-16(17)4-3-9-28-22)6-8-20(31)29-11-14-5-7-19(24)18(10-14)23(25,26)27/h3-10,12-13,20-21,29H,11H2,1-2H3,(H,28,30).